The fourth-order valence-electron chi connectivity index (χ4n) is 2.44. The highest BCUT2D eigenvalue weighted by molar-refractivity contribution is 7.17. The van der Waals surface area contributed by atoms with E-state index in [4.69, 9.17) is 10.7 Å². The van der Waals surface area contributed by atoms with Crippen LogP contribution in [-0.2, 0) is 0 Å². The van der Waals surface area contributed by atoms with E-state index in [1.165, 1.54) is 10.1 Å². The van der Waals surface area contributed by atoms with E-state index in [1.807, 2.05) is 15.8 Å². The Kier molecular flexibility index (Phi) is 2.22. The first kappa shape index (κ1) is 11.0. The maximum atomic E-state index is 6.30. The second kappa shape index (κ2) is 3.82. The predicted molar refractivity (Wildman–Crippen MR) is 83.0 cm³/mol. The van der Waals surface area contributed by atoms with E-state index in [2.05, 4.69) is 30.5 Å². The van der Waals surface area contributed by atoms with Crippen LogP contribution >= 0.6 is 22.7 Å². The lowest BCUT2D eigenvalue weighted by Gasteiger charge is -2.03. The molecule has 4 aromatic heterocycles. The maximum Gasteiger partial charge on any atom is 0.148 e. The van der Waals surface area contributed by atoms with Gasteiger partial charge in [-0.15, -0.1) is 22.7 Å². The number of hydrogen-bond donors (Lipinski definition) is 1. The second-order valence-corrected chi connectivity index (χ2v) is 6.36. The molecule has 0 fully saturated rings. The Morgan fingerprint density at radius 3 is 2.89 bits per heavy atom. The van der Waals surface area contributed by atoms with Gasteiger partial charge in [0.1, 0.15) is 17.2 Å². The van der Waals surface area contributed by atoms with E-state index in [0.29, 0.717) is 0 Å². The molecule has 0 atom stereocenters. The molecular weight excluding hydrogens is 274 g/mol. The smallest absolute Gasteiger partial charge is 0.148 e. The van der Waals surface area contributed by atoms with Crippen molar-refractivity contribution in [1.82, 2.24) is 9.38 Å². The summed E-state index contributed by atoms with van der Waals surface area (Å²) in [6, 6.07) is 8.36. The van der Waals surface area contributed by atoms with Crippen molar-refractivity contribution in [3.63, 3.8) is 0 Å². The molecule has 3 nitrogen and oxygen atoms in total. The molecule has 4 heterocycles. The molecule has 0 aliphatic rings. The monoisotopic (exact) mass is 285 g/mol. The summed E-state index contributed by atoms with van der Waals surface area (Å²) < 4.78 is 3.30. The molecule has 4 aromatic rings. The Balaban J connectivity index is 2.19. The van der Waals surface area contributed by atoms with Crippen LogP contribution in [0.1, 0.15) is 5.69 Å². The van der Waals surface area contributed by atoms with Gasteiger partial charge in [0.05, 0.1) is 4.88 Å². The number of aryl methyl sites for hydroxylation is 1. The van der Waals surface area contributed by atoms with Crippen molar-refractivity contribution < 1.29 is 0 Å². The lowest BCUT2D eigenvalue weighted by Crippen LogP contribution is -1.97. The van der Waals surface area contributed by atoms with Crippen molar-refractivity contribution in [2.24, 2.45) is 0 Å². The molecule has 5 heteroatoms. The number of pyridine rings is 1. The highest BCUT2D eigenvalue weighted by Crippen LogP contribution is 2.34. The number of hydrogen-bond acceptors (Lipinski definition) is 4. The van der Waals surface area contributed by atoms with Crippen LogP contribution in [0.2, 0.25) is 0 Å². The van der Waals surface area contributed by atoms with E-state index < -0.39 is 0 Å². The lowest BCUT2D eigenvalue weighted by atomic mass is 10.3. The minimum Gasteiger partial charge on any atom is -0.383 e. The molecule has 0 saturated heterocycles. The number of aromatic nitrogens is 2. The van der Waals surface area contributed by atoms with Crippen molar-refractivity contribution in [2.75, 3.05) is 5.73 Å². The van der Waals surface area contributed by atoms with Crippen molar-refractivity contribution in [3.05, 3.63) is 40.7 Å². The molecule has 94 valence electrons. The Bertz CT molecular complexity index is 884. The van der Waals surface area contributed by atoms with Gasteiger partial charge in [-0.2, -0.15) is 0 Å². The number of thiophene rings is 2. The number of imidazole rings is 1. The van der Waals surface area contributed by atoms with Crippen molar-refractivity contribution in [2.45, 2.75) is 6.92 Å². The molecule has 0 bridgehead atoms. The summed E-state index contributed by atoms with van der Waals surface area (Å²) in [4.78, 5) is 5.89. The number of rotatable bonds is 1. The van der Waals surface area contributed by atoms with Crippen molar-refractivity contribution in [3.8, 4) is 10.6 Å². The molecule has 0 saturated carbocycles. The normalized spacial score (nSPS) is 11.6. The summed E-state index contributed by atoms with van der Waals surface area (Å²) in [7, 11) is 0. The van der Waals surface area contributed by atoms with Crippen LogP contribution in [-0.4, -0.2) is 9.38 Å². The van der Waals surface area contributed by atoms with E-state index in [1.54, 1.807) is 22.7 Å². The second-order valence-electron chi connectivity index (χ2n) is 4.47. The van der Waals surface area contributed by atoms with Crippen LogP contribution in [0.4, 0.5) is 5.82 Å². The van der Waals surface area contributed by atoms with Crippen LogP contribution in [0.15, 0.2) is 35.0 Å². The Hall–Kier alpha value is -1.85. The summed E-state index contributed by atoms with van der Waals surface area (Å²) in [5.74, 6) is 0.725. The zero-order valence-corrected chi connectivity index (χ0v) is 11.9. The molecule has 0 amide bonds. The van der Waals surface area contributed by atoms with E-state index in [9.17, 15) is 0 Å². The summed E-state index contributed by atoms with van der Waals surface area (Å²) in [6.45, 7) is 2.07. The van der Waals surface area contributed by atoms with Crippen LogP contribution < -0.4 is 5.73 Å². The van der Waals surface area contributed by atoms with Crippen molar-refractivity contribution in [1.29, 1.82) is 0 Å². The number of nitrogens with two attached hydrogens (primary N) is 1. The number of anilines is 1. The highest BCUT2D eigenvalue weighted by Gasteiger charge is 2.16. The minimum absolute atomic E-state index is 0.725. The van der Waals surface area contributed by atoms with E-state index in [0.717, 1.165) is 27.7 Å². The van der Waals surface area contributed by atoms with Gasteiger partial charge in [0.25, 0.3) is 0 Å². The zero-order chi connectivity index (χ0) is 13.0. The van der Waals surface area contributed by atoms with Gasteiger partial charge >= 0.3 is 0 Å². The molecule has 0 aromatic carbocycles. The molecule has 0 radical (unpaired) electrons. The first-order valence-corrected chi connectivity index (χ1v) is 7.70. The summed E-state index contributed by atoms with van der Waals surface area (Å²) in [5, 5.41) is 5.32. The van der Waals surface area contributed by atoms with Gasteiger partial charge in [-0.05, 0) is 35.9 Å². The lowest BCUT2D eigenvalue weighted by molar-refractivity contribution is 1.12. The average molecular weight is 285 g/mol. The van der Waals surface area contributed by atoms with Crippen molar-refractivity contribution >= 4 is 44.2 Å². The van der Waals surface area contributed by atoms with E-state index >= 15 is 0 Å². The Labute approximate surface area is 117 Å². The molecule has 0 aliphatic heterocycles. The highest BCUT2D eigenvalue weighted by atomic mass is 32.1. The third-order valence-electron chi connectivity index (χ3n) is 3.30. The number of fused-ring (bicyclic) bond motifs is 3. The van der Waals surface area contributed by atoms with Gasteiger partial charge < -0.3 is 5.73 Å². The first-order chi connectivity index (χ1) is 9.25. The first-order valence-electron chi connectivity index (χ1n) is 5.94. The summed E-state index contributed by atoms with van der Waals surface area (Å²) in [6.07, 6.45) is 0. The Morgan fingerprint density at radius 2 is 2.11 bits per heavy atom. The van der Waals surface area contributed by atoms with Gasteiger partial charge in [-0.3, -0.25) is 4.40 Å². The van der Waals surface area contributed by atoms with Crippen LogP contribution in [0.25, 0.3) is 26.3 Å². The molecule has 4 rings (SSSR count). The molecular formula is C14H11N3S2. The van der Waals surface area contributed by atoms with Crippen LogP contribution in [0.3, 0.4) is 0 Å². The molecule has 19 heavy (non-hydrogen) atoms. The fourth-order valence-corrected chi connectivity index (χ4v) is 4.04. The summed E-state index contributed by atoms with van der Waals surface area (Å²) >= 11 is 3.40. The van der Waals surface area contributed by atoms with Gasteiger partial charge in [0.2, 0.25) is 0 Å². The van der Waals surface area contributed by atoms with Gasteiger partial charge in [0, 0.05) is 15.8 Å². The molecule has 0 spiro atoms. The fraction of sp³-hybridized carbons (Fsp3) is 0.0714. The minimum atomic E-state index is 0.725. The van der Waals surface area contributed by atoms with Crippen LogP contribution in [0.5, 0.6) is 0 Å². The Morgan fingerprint density at radius 1 is 1.21 bits per heavy atom. The van der Waals surface area contributed by atoms with E-state index in [-0.39, 0.29) is 0 Å². The van der Waals surface area contributed by atoms with Gasteiger partial charge in [0.15, 0.2) is 0 Å². The average Bonchev–Trinajstić information content (AvgIpc) is 3.07. The number of nitrogen functional groups attached to an aromatic ring is 1. The quantitative estimate of drug-likeness (QED) is 0.570. The largest absolute Gasteiger partial charge is 0.383 e. The predicted octanol–water partition coefficient (Wildman–Crippen LogP) is 4.17. The third kappa shape index (κ3) is 1.45. The number of nitrogens with zero attached hydrogens (tertiary/aromatic N) is 2. The van der Waals surface area contributed by atoms with Crippen LogP contribution in [0, 0.1) is 6.92 Å². The SMILES string of the molecule is Cc1cc2sccc2c2nc(-c3cccs3)c(N)n12. The topological polar surface area (TPSA) is 43.3 Å². The zero-order valence-electron chi connectivity index (χ0n) is 10.3. The summed E-state index contributed by atoms with van der Waals surface area (Å²) in [5.41, 5.74) is 9.27. The maximum absolute atomic E-state index is 6.30. The standard InChI is InChI=1S/C14H11N3S2/c1-8-7-11-9(4-6-19-11)14-16-12(13(15)17(8)14)10-3-2-5-18-10/h2-7H,15H2,1H3. The molecule has 2 N–H and O–H groups in total. The van der Waals surface area contributed by atoms with Gasteiger partial charge in [-0.25, -0.2) is 4.98 Å². The third-order valence-corrected chi connectivity index (χ3v) is 5.04. The van der Waals surface area contributed by atoms with Gasteiger partial charge in [-0.1, -0.05) is 6.07 Å². The molecule has 0 unspecified atom stereocenters. The molecule has 0 aliphatic carbocycles.